The molecule has 9 rings (SSSR count). The van der Waals surface area contributed by atoms with Crippen LogP contribution in [0.2, 0.25) is 0 Å². The van der Waals surface area contributed by atoms with E-state index in [-0.39, 0.29) is 5.41 Å². The lowest BCUT2D eigenvalue weighted by Gasteiger charge is -2.34. The van der Waals surface area contributed by atoms with Crippen molar-refractivity contribution in [1.82, 2.24) is 0 Å². The van der Waals surface area contributed by atoms with Gasteiger partial charge < -0.3 is 14.7 Å². The second-order valence-corrected chi connectivity index (χ2v) is 14.3. The summed E-state index contributed by atoms with van der Waals surface area (Å²) in [5.41, 5.74) is 15.0. The van der Waals surface area contributed by atoms with Crippen molar-refractivity contribution in [2.75, 3.05) is 14.7 Å². The number of fused-ring (bicyclic) bond motifs is 3. The van der Waals surface area contributed by atoms with Crippen LogP contribution in [0.3, 0.4) is 0 Å². The SMILES string of the molecule is CC1(C)c2ccccc2-c2cccc(N(c3cccc(N(c4ccccc4)c4ccccc4)c3)c3cccc(N(c4ccccc4)c4ccccc4)c3)c21. The standard InChI is InChI=1S/C51H41N3/c1-51(2)48-34-16-15-32-46(48)47-33-19-35-49(50(47)51)54(44-30-17-28-42(36-44)52(38-20-7-3-8-21-38)39-22-9-4-10-23-39)45-31-18-29-43(37-45)53(40-24-11-5-12-25-40)41-26-13-6-14-27-41/h3-37H,1-2H3. The first-order valence-electron chi connectivity index (χ1n) is 18.6. The number of hydrogen-bond acceptors (Lipinski definition) is 3. The highest BCUT2D eigenvalue weighted by Crippen LogP contribution is 2.54. The van der Waals surface area contributed by atoms with E-state index in [4.69, 9.17) is 0 Å². The molecule has 3 heteroatoms. The Morgan fingerprint density at radius 2 is 0.630 bits per heavy atom. The van der Waals surface area contributed by atoms with Crippen LogP contribution < -0.4 is 14.7 Å². The molecule has 54 heavy (non-hydrogen) atoms. The van der Waals surface area contributed by atoms with Crippen LogP contribution in [0, 0.1) is 0 Å². The zero-order chi connectivity index (χ0) is 36.5. The largest absolute Gasteiger partial charge is 0.310 e. The van der Waals surface area contributed by atoms with Crippen LogP contribution in [0.25, 0.3) is 11.1 Å². The Kier molecular flexibility index (Phi) is 8.53. The van der Waals surface area contributed by atoms with Gasteiger partial charge in [-0.25, -0.2) is 0 Å². The minimum Gasteiger partial charge on any atom is -0.310 e. The van der Waals surface area contributed by atoms with Gasteiger partial charge in [-0.2, -0.15) is 0 Å². The quantitative estimate of drug-likeness (QED) is 0.149. The molecule has 0 atom stereocenters. The van der Waals surface area contributed by atoms with Crippen molar-refractivity contribution in [2.45, 2.75) is 19.3 Å². The molecule has 0 N–H and O–H groups in total. The summed E-state index contributed by atoms with van der Waals surface area (Å²) in [6, 6.07) is 76.1. The van der Waals surface area contributed by atoms with Crippen LogP contribution in [-0.4, -0.2) is 0 Å². The maximum Gasteiger partial charge on any atom is 0.0508 e. The number of benzene rings is 8. The predicted molar refractivity (Wildman–Crippen MR) is 228 cm³/mol. The van der Waals surface area contributed by atoms with Crippen LogP contribution in [0.15, 0.2) is 212 Å². The molecule has 0 saturated carbocycles. The number of nitrogens with zero attached hydrogens (tertiary/aromatic N) is 3. The highest BCUT2D eigenvalue weighted by atomic mass is 15.2. The van der Waals surface area contributed by atoms with Crippen LogP contribution >= 0.6 is 0 Å². The van der Waals surface area contributed by atoms with E-state index in [9.17, 15) is 0 Å². The van der Waals surface area contributed by atoms with E-state index in [0.29, 0.717) is 0 Å². The second kappa shape index (κ2) is 13.9. The molecule has 0 aliphatic heterocycles. The Balaban J connectivity index is 1.27. The van der Waals surface area contributed by atoms with E-state index < -0.39 is 0 Å². The molecule has 0 amide bonds. The van der Waals surface area contributed by atoms with Gasteiger partial charge in [-0.3, -0.25) is 0 Å². The normalized spacial score (nSPS) is 12.4. The molecular formula is C51H41N3. The first-order valence-corrected chi connectivity index (χ1v) is 18.6. The summed E-state index contributed by atoms with van der Waals surface area (Å²) in [5, 5.41) is 0. The number of hydrogen-bond donors (Lipinski definition) is 0. The van der Waals surface area contributed by atoms with Crippen molar-refractivity contribution in [3.8, 4) is 11.1 Å². The summed E-state index contributed by atoms with van der Waals surface area (Å²) < 4.78 is 0. The van der Waals surface area contributed by atoms with Gasteiger partial charge in [0.2, 0.25) is 0 Å². The molecule has 0 bridgehead atoms. The lowest BCUT2D eigenvalue weighted by Crippen LogP contribution is -2.21. The zero-order valence-corrected chi connectivity index (χ0v) is 30.5. The van der Waals surface area contributed by atoms with Gasteiger partial charge in [-0.1, -0.05) is 135 Å². The summed E-state index contributed by atoms with van der Waals surface area (Å²) in [6.45, 7) is 4.73. The zero-order valence-electron chi connectivity index (χ0n) is 30.5. The van der Waals surface area contributed by atoms with Gasteiger partial charge in [-0.15, -0.1) is 0 Å². The monoisotopic (exact) mass is 695 g/mol. The Morgan fingerprint density at radius 1 is 0.296 bits per heavy atom. The minimum absolute atomic E-state index is 0.212. The van der Waals surface area contributed by atoms with Crippen molar-refractivity contribution in [1.29, 1.82) is 0 Å². The van der Waals surface area contributed by atoms with E-state index in [1.807, 2.05) is 0 Å². The van der Waals surface area contributed by atoms with Crippen LogP contribution in [0.4, 0.5) is 51.2 Å². The van der Waals surface area contributed by atoms with Gasteiger partial charge in [0.15, 0.2) is 0 Å². The van der Waals surface area contributed by atoms with Crippen LogP contribution in [0.5, 0.6) is 0 Å². The molecule has 0 heterocycles. The summed E-state index contributed by atoms with van der Waals surface area (Å²) in [5.74, 6) is 0. The highest BCUT2D eigenvalue weighted by molar-refractivity contribution is 5.92. The Hall–Kier alpha value is -6.84. The fraction of sp³-hybridized carbons (Fsp3) is 0.0588. The van der Waals surface area contributed by atoms with Crippen molar-refractivity contribution >= 4 is 51.2 Å². The lowest BCUT2D eigenvalue weighted by atomic mass is 9.81. The predicted octanol–water partition coefficient (Wildman–Crippen LogP) is 14.4. The molecule has 0 spiro atoms. The van der Waals surface area contributed by atoms with Crippen molar-refractivity contribution < 1.29 is 0 Å². The van der Waals surface area contributed by atoms with Gasteiger partial charge >= 0.3 is 0 Å². The molecule has 1 aliphatic carbocycles. The molecule has 1 aliphatic rings. The van der Waals surface area contributed by atoms with Gasteiger partial charge in [-0.05, 0) is 113 Å². The average molecular weight is 696 g/mol. The molecule has 8 aromatic carbocycles. The first-order chi connectivity index (χ1) is 26.6. The summed E-state index contributed by atoms with van der Waals surface area (Å²) >= 11 is 0. The Bertz CT molecular complexity index is 2320. The summed E-state index contributed by atoms with van der Waals surface area (Å²) in [6.07, 6.45) is 0. The van der Waals surface area contributed by atoms with E-state index in [2.05, 4.69) is 241 Å². The molecule has 0 radical (unpaired) electrons. The molecule has 0 fully saturated rings. The Morgan fingerprint density at radius 3 is 1.07 bits per heavy atom. The van der Waals surface area contributed by atoms with Gasteiger partial charge in [0.25, 0.3) is 0 Å². The maximum atomic E-state index is 2.46. The lowest BCUT2D eigenvalue weighted by molar-refractivity contribution is 0.661. The molecule has 3 nitrogen and oxygen atoms in total. The van der Waals surface area contributed by atoms with Crippen molar-refractivity contribution in [3.63, 3.8) is 0 Å². The molecular weight excluding hydrogens is 655 g/mol. The molecule has 8 aromatic rings. The fourth-order valence-corrected chi connectivity index (χ4v) is 8.18. The third-order valence-corrected chi connectivity index (χ3v) is 10.5. The third kappa shape index (κ3) is 5.90. The van der Waals surface area contributed by atoms with Gasteiger partial charge in [0.1, 0.15) is 0 Å². The van der Waals surface area contributed by atoms with Crippen LogP contribution in [0.1, 0.15) is 25.0 Å². The van der Waals surface area contributed by atoms with Gasteiger partial charge in [0, 0.05) is 50.9 Å². The van der Waals surface area contributed by atoms with Crippen LogP contribution in [-0.2, 0) is 5.41 Å². The minimum atomic E-state index is -0.212. The van der Waals surface area contributed by atoms with Crippen molar-refractivity contribution in [2.24, 2.45) is 0 Å². The summed E-state index contributed by atoms with van der Waals surface area (Å²) in [7, 11) is 0. The summed E-state index contributed by atoms with van der Waals surface area (Å²) in [4.78, 5) is 7.13. The highest BCUT2D eigenvalue weighted by Gasteiger charge is 2.38. The third-order valence-electron chi connectivity index (χ3n) is 10.5. The first kappa shape index (κ1) is 33.0. The molecule has 0 aromatic heterocycles. The van der Waals surface area contributed by atoms with E-state index in [1.54, 1.807) is 0 Å². The smallest absolute Gasteiger partial charge is 0.0508 e. The number of rotatable bonds is 9. The average Bonchev–Trinajstić information content (AvgIpc) is 3.47. The second-order valence-electron chi connectivity index (χ2n) is 14.3. The van der Waals surface area contributed by atoms with E-state index in [0.717, 1.165) is 45.5 Å². The van der Waals surface area contributed by atoms with Gasteiger partial charge in [0.05, 0.1) is 5.69 Å². The fourth-order valence-electron chi connectivity index (χ4n) is 8.18. The molecule has 260 valence electrons. The Labute approximate surface area is 318 Å². The van der Waals surface area contributed by atoms with E-state index in [1.165, 1.54) is 27.9 Å². The topological polar surface area (TPSA) is 9.72 Å². The van der Waals surface area contributed by atoms with Crippen molar-refractivity contribution in [3.05, 3.63) is 223 Å². The number of anilines is 9. The maximum absolute atomic E-state index is 2.46. The molecule has 0 unspecified atom stereocenters. The number of para-hydroxylation sites is 4. The van der Waals surface area contributed by atoms with E-state index >= 15 is 0 Å². The molecule has 0 saturated heterocycles.